The van der Waals surface area contributed by atoms with Gasteiger partial charge in [0, 0.05) is 31.2 Å². The quantitative estimate of drug-likeness (QED) is 0.607. The van der Waals surface area contributed by atoms with Gasteiger partial charge in [0.25, 0.3) is 0 Å². The Morgan fingerprint density at radius 1 is 1.38 bits per heavy atom. The van der Waals surface area contributed by atoms with Crippen LogP contribution in [-0.4, -0.2) is 26.1 Å². The molecule has 0 amide bonds. The van der Waals surface area contributed by atoms with Gasteiger partial charge in [0.05, 0.1) is 11.9 Å². The first-order valence-corrected chi connectivity index (χ1v) is 7.46. The van der Waals surface area contributed by atoms with E-state index in [9.17, 15) is 0 Å². The number of nitrogens with zero attached hydrogens (tertiary/aromatic N) is 3. The van der Waals surface area contributed by atoms with E-state index in [1.807, 2.05) is 32.4 Å². The summed E-state index contributed by atoms with van der Waals surface area (Å²) >= 11 is 5.12. The maximum absolute atomic E-state index is 5.80. The van der Waals surface area contributed by atoms with Crippen LogP contribution in [0.2, 0.25) is 0 Å². The minimum Gasteiger partial charge on any atom is -0.389 e. The second kappa shape index (κ2) is 7.17. The number of aryl methyl sites for hydroxylation is 3. The molecule has 0 atom stereocenters. The van der Waals surface area contributed by atoms with Crippen molar-refractivity contribution in [1.82, 2.24) is 14.5 Å². The van der Waals surface area contributed by atoms with Crippen LogP contribution >= 0.6 is 12.2 Å². The van der Waals surface area contributed by atoms with E-state index in [1.165, 1.54) is 0 Å². The summed E-state index contributed by atoms with van der Waals surface area (Å²) in [7, 11) is 0. The van der Waals surface area contributed by atoms with Gasteiger partial charge in [-0.25, -0.2) is 9.97 Å². The van der Waals surface area contributed by atoms with E-state index in [4.69, 9.17) is 18.0 Å². The van der Waals surface area contributed by atoms with Gasteiger partial charge < -0.3 is 15.6 Å². The Bertz CT molecular complexity index is 607. The zero-order valence-corrected chi connectivity index (χ0v) is 13.3. The average Bonchev–Trinajstić information content (AvgIpc) is 2.90. The predicted molar refractivity (Wildman–Crippen MR) is 89.5 cm³/mol. The smallest absolute Gasteiger partial charge is 0.136 e. The molecule has 0 aromatic carbocycles. The fourth-order valence-corrected chi connectivity index (χ4v) is 2.58. The normalized spacial score (nSPS) is 10.6. The predicted octanol–water partition coefficient (Wildman–Crippen LogP) is 2.42. The van der Waals surface area contributed by atoms with E-state index < -0.39 is 0 Å². The molecule has 0 saturated carbocycles. The highest BCUT2D eigenvalue weighted by molar-refractivity contribution is 7.80. The van der Waals surface area contributed by atoms with E-state index in [-0.39, 0.29) is 0 Å². The molecule has 0 aliphatic rings. The number of unbranched alkanes of at least 4 members (excludes halogenated alkanes) is 1. The van der Waals surface area contributed by atoms with E-state index in [2.05, 4.69) is 19.9 Å². The van der Waals surface area contributed by atoms with Gasteiger partial charge in [-0.15, -0.1) is 0 Å². The Labute approximate surface area is 130 Å². The largest absolute Gasteiger partial charge is 0.389 e. The monoisotopic (exact) mass is 303 g/mol. The van der Waals surface area contributed by atoms with Crippen molar-refractivity contribution in [3.63, 3.8) is 0 Å². The van der Waals surface area contributed by atoms with E-state index in [0.717, 1.165) is 48.6 Å². The molecule has 0 radical (unpaired) electrons. The fourth-order valence-electron chi connectivity index (χ4n) is 2.32. The van der Waals surface area contributed by atoms with Crippen LogP contribution in [0.25, 0.3) is 0 Å². The van der Waals surface area contributed by atoms with Gasteiger partial charge in [-0.2, -0.15) is 0 Å². The number of hydrogen-bond donors (Lipinski definition) is 2. The molecule has 2 rings (SSSR count). The van der Waals surface area contributed by atoms with Gasteiger partial charge in [-0.05, 0) is 38.3 Å². The lowest BCUT2D eigenvalue weighted by Gasteiger charge is -2.13. The minimum atomic E-state index is 0.390. The third-order valence-corrected chi connectivity index (χ3v) is 3.49. The van der Waals surface area contributed by atoms with Gasteiger partial charge in [0.1, 0.15) is 10.8 Å². The zero-order valence-electron chi connectivity index (χ0n) is 12.5. The molecule has 3 N–H and O–H groups in total. The molecule has 0 aliphatic carbocycles. The molecule has 0 unspecified atom stereocenters. The SMILES string of the molecule is Cc1cc(C)c(C(N)=S)c(NCCCCn2ccnc2)n1. The summed E-state index contributed by atoms with van der Waals surface area (Å²) in [6.45, 7) is 5.80. The molecule has 2 aromatic rings. The topological polar surface area (TPSA) is 68.8 Å². The number of nitrogens with two attached hydrogens (primary N) is 1. The van der Waals surface area contributed by atoms with Gasteiger partial charge in [0.2, 0.25) is 0 Å². The lowest BCUT2D eigenvalue weighted by atomic mass is 10.1. The molecule has 2 aromatic heterocycles. The molecule has 6 heteroatoms. The van der Waals surface area contributed by atoms with Crippen molar-refractivity contribution in [2.75, 3.05) is 11.9 Å². The zero-order chi connectivity index (χ0) is 15.2. The lowest BCUT2D eigenvalue weighted by molar-refractivity contribution is 0.620. The van der Waals surface area contributed by atoms with Gasteiger partial charge in [-0.1, -0.05) is 12.2 Å². The number of rotatable bonds is 7. The standard InChI is InChI=1S/C15H21N5S/c1-11-9-12(2)19-15(13(11)14(16)21)18-5-3-4-7-20-8-6-17-10-20/h6,8-10H,3-5,7H2,1-2H3,(H2,16,21)(H,18,19). The van der Waals surface area contributed by atoms with Crippen molar-refractivity contribution in [2.24, 2.45) is 5.73 Å². The van der Waals surface area contributed by atoms with Crippen LogP contribution in [0.15, 0.2) is 24.8 Å². The second-order valence-corrected chi connectivity index (χ2v) is 5.54. The summed E-state index contributed by atoms with van der Waals surface area (Å²) in [6, 6.07) is 2.00. The Morgan fingerprint density at radius 3 is 2.86 bits per heavy atom. The number of hydrogen-bond acceptors (Lipinski definition) is 4. The van der Waals surface area contributed by atoms with Crippen LogP contribution in [0, 0.1) is 13.8 Å². The first kappa shape index (κ1) is 15.4. The molecular weight excluding hydrogens is 282 g/mol. The molecular formula is C15H21N5S. The van der Waals surface area contributed by atoms with E-state index in [1.54, 1.807) is 6.20 Å². The Hall–Kier alpha value is -1.95. The highest BCUT2D eigenvalue weighted by Crippen LogP contribution is 2.18. The molecule has 0 aliphatic heterocycles. The number of thiocarbonyl (C=S) groups is 1. The molecule has 2 heterocycles. The number of imidazole rings is 1. The maximum atomic E-state index is 5.80. The Balaban J connectivity index is 1.89. The van der Waals surface area contributed by atoms with E-state index in [0.29, 0.717) is 4.99 Å². The molecule has 5 nitrogen and oxygen atoms in total. The first-order valence-electron chi connectivity index (χ1n) is 7.05. The third kappa shape index (κ3) is 4.26. The van der Waals surface area contributed by atoms with Crippen molar-refractivity contribution in [1.29, 1.82) is 0 Å². The minimum absolute atomic E-state index is 0.390. The number of anilines is 1. The Morgan fingerprint density at radius 2 is 2.19 bits per heavy atom. The van der Waals surface area contributed by atoms with Crippen LogP contribution in [0.3, 0.4) is 0 Å². The first-order chi connectivity index (χ1) is 10.1. The van der Waals surface area contributed by atoms with Crippen LogP contribution in [0.1, 0.15) is 29.7 Å². The highest BCUT2D eigenvalue weighted by Gasteiger charge is 2.10. The number of aromatic nitrogens is 3. The van der Waals surface area contributed by atoms with Crippen LogP contribution in [0.5, 0.6) is 0 Å². The van der Waals surface area contributed by atoms with Crippen molar-refractivity contribution >= 4 is 23.0 Å². The maximum Gasteiger partial charge on any atom is 0.136 e. The summed E-state index contributed by atoms with van der Waals surface area (Å²) in [5, 5.41) is 3.35. The van der Waals surface area contributed by atoms with Crippen LogP contribution in [0.4, 0.5) is 5.82 Å². The van der Waals surface area contributed by atoms with Crippen molar-refractivity contribution < 1.29 is 0 Å². The summed E-state index contributed by atoms with van der Waals surface area (Å²) in [4.78, 5) is 8.93. The molecule has 21 heavy (non-hydrogen) atoms. The van der Waals surface area contributed by atoms with Crippen molar-refractivity contribution in [3.8, 4) is 0 Å². The van der Waals surface area contributed by atoms with Crippen molar-refractivity contribution in [3.05, 3.63) is 41.6 Å². The van der Waals surface area contributed by atoms with Gasteiger partial charge >= 0.3 is 0 Å². The molecule has 0 spiro atoms. The van der Waals surface area contributed by atoms with Crippen molar-refractivity contribution in [2.45, 2.75) is 33.2 Å². The molecule has 112 valence electrons. The Kier molecular flexibility index (Phi) is 5.27. The number of nitrogens with one attached hydrogen (secondary N) is 1. The lowest BCUT2D eigenvalue weighted by Crippen LogP contribution is -2.17. The fraction of sp³-hybridized carbons (Fsp3) is 0.400. The molecule has 0 fully saturated rings. The summed E-state index contributed by atoms with van der Waals surface area (Å²) in [5.41, 5.74) is 8.69. The summed E-state index contributed by atoms with van der Waals surface area (Å²) < 4.78 is 2.08. The molecule has 0 bridgehead atoms. The van der Waals surface area contributed by atoms with Crippen LogP contribution in [-0.2, 0) is 6.54 Å². The average molecular weight is 303 g/mol. The third-order valence-electron chi connectivity index (χ3n) is 3.29. The van der Waals surface area contributed by atoms with Gasteiger partial charge in [0.15, 0.2) is 0 Å². The van der Waals surface area contributed by atoms with Crippen LogP contribution < -0.4 is 11.1 Å². The van der Waals surface area contributed by atoms with Gasteiger partial charge in [-0.3, -0.25) is 0 Å². The number of pyridine rings is 1. The molecule has 0 saturated heterocycles. The summed E-state index contributed by atoms with van der Waals surface area (Å²) in [6.07, 6.45) is 7.74. The second-order valence-electron chi connectivity index (χ2n) is 5.10. The summed E-state index contributed by atoms with van der Waals surface area (Å²) in [5.74, 6) is 0.794. The highest BCUT2D eigenvalue weighted by atomic mass is 32.1. The van der Waals surface area contributed by atoms with E-state index >= 15 is 0 Å².